The SMILES string of the molecule is C=CCn1nnc(COc2ccc(Cl)cc2)c1SCC(=O)Nc1ccc(C(C)C)cc1. The average Bonchev–Trinajstić information content (AvgIpc) is 3.14. The first-order chi connectivity index (χ1) is 15.0. The van der Waals surface area contributed by atoms with E-state index in [1.54, 1.807) is 35.0 Å². The first kappa shape index (κ1) is 22.9. The quantitative estimate of drug-likeness (QED) is 0.320. The largest absolute Gasteiger partial charge is 0.487 e. The highest BCUT2D eigenvalue weighted by Crippen LogP contribution is 2.24. The van der Waals surface area contributed by atoms with Gasteiger partial charge in [0.25, 0.3) is 0 Å². The first-order valence-corrected chi connectivity index (χ1v) is 11.3. The van der Waals surface area contributed by atoms with Crippen molar-refractivity contribution >= 4 is 35.0 Å². The van der Waals surface area contributed by atoms with E-state index in [1.165, 1.54) is 17.3 Å². The molecule has 0 aliphatic heterocycles. The minimum atomic E-state index is -0.0989. The van der Waals surface area contributed by atoms with Crippen LogP contribution >= 0.6 is 23.4 Å². The van der Waals surface area contributed by atoms with Gasteiger partial charge in [-0.05, 0) is 47.9 Å². The number of nitrogens with one attached hydrogen (secondary N) is 1. The van der Waals surface area contributed by atoms with Gasteiger partial charge in [-0.2, -0.15) is 0 Å². The molecule has 1 aromatic heterocycles. The number of nitrogens with zero attached hydrogens (tertiary/aromatic N) is 3. The normalized spacial score (nSPS) is 10.8. The molecule has 3 rings (SSSR count). The Hall–Kier alpha value is -2.77. The monoisotopic (exact) mass is 456 g/mol. The van der Waals surface area contributed by atoms with Crippen molar-refractivity contribution in [1.29, 1.82) is 0 Å². The lowest BCUT2D eigenvalue weighted by Gasteiger charge is -2.10. The number of hydrogen-bond acceptors (Lipinski definition) is 5. The maximum atomic E-state index is 12.5. The number of rotatable bonds is 10. The van der Waals surface area contributed by atoms with E-state index in [4.69, 9.17) is 16.3 Å². The van der Waals surface area contributed by atoms with Crippen molar-refractivity contribution in [2.75, 3.05) is 11.1 Å². The van der Waals surface area contributed by atoms with E-state index in [9.17, 15) is 4.79 Å². The standard InChI is InChI=1S/C23H25ClN4O2S/c1-4-13-28-23(21(26-27-28)14-30-20-11-7-18(24)8-12-20)31-15-22(29)25-19-9-5-17(6-10-19)16(2)3/h4-12,16H,1,13-15H2,2-3H3,(H,25,29). The van der Waals surface area contributed by atoms with Crippen molar-refractivity contribution in [1.82, 2.24) is 15.0 Å². The van der Waals surface area contributed by atoms with E-state index in [2.05, 4.69) is 36.1 Å². The molecule has 3 aromatic rings. The predicted octanol–water partition coefficient (Wildman–Crippen LogP) is 5.55. The van der Waals surface area contributed by atoms with Gasteiger partial charge in [0.1, 0.15) is 23.1 Å². The molecule has 0 radical (unpaired) electrons. The minimum Gasteiger partial charge on any atom is -0.487 e. The maximum Gasteiger partial charge on any atom is 0.234 e. The van der Waals surface area contributed by atoms with Gasteiger partial charge in [0.2, 0.25) is 5.91 Å². The van der Waals surface area contributed by atoms with E-state index in [0.717, 1.165) is 10.7 Å². The fourth-order valence-corrected chi connectivity index (χ4v) is 3.79. The fraction of sp³-hybridized carbons (Fsp3) is 0.261. The summed E-state index contributed by atoms with van der Waals surface area (Å²) in [6, 6.07) is 15.0. The lowest BCUT2D eigenvalue weighted by Crippen LogP contribution is -2.15. The summed E-state index contributed by atoms with van der Waals surface area (Å²) >= 11 is 7.28. The van der Waals surface area contributed by atoms with E-state index < -0.39 is 0 Å². The van der Waals surface area contributed by atoms with Crippen molar-refractivity contribution in [2.45, 2.75) is 37.9 Å². The molecule has 162 valence electrons. The molecule has 8 heteroatoms. The van der Waals surface area contributed by atoms with Crippen molar-refractivity contribution in [2.24, 2.45) is 0 Å². The summed E-state index contributed by atoms with van der Waals surface area (Å²) in [7, 11) is 0. The van der Waals surface area contributed by atoms with Gasteiger partial charge in [-0.1, -0.05) is 60.6 Å². The van der Waals surface area contributed by atoms with Gasteiger partial charge >= 0.3 is 0 Å². The average molecular weight is 457 g/mol. The van der Waals surface area contributed by atoms with E-state index >= 15 is 0 Å². The Kier molecular flexibility index (Phi) is 8.14. The van der Waals surface area contributed by atoms with Crippen molar-refractivity contribution < 1.29 is 9.53 Å². The summed E-state index contributed by atoms with van der Waals surface area (Å²) in [5.74, 6) is 1.26. The van der Waals surface area contributed by atoms with Gasteiger partial charge < -0.3 is 10.1 Å². The van der Waals surface area contributed by atoms with Crippen LogP contribution in [0.25, 0.3) is 0 Å². The zero-order valence-corrected chi connectivity index (χ0v) is 19.1. The van der Waals surface area contributed by atoms with Gasteiger partial charge in [0.15, 0.2) is 0 Å². The summed E-state index contributed by atoms with van der Waals surface area (Å²) in [5.41, 5.74) is 2.67. The molecule has 0 fully saturated rings. The van der Waals surface area contributed by atoms with E-state index in [0.29, 0.717) is 28.9 Å². The Bertz CT molecular complexity index is 1020. The molecular weight excluding hydrogens is 432 g/mol. The number of halogens is 1. The van der Waals surface area contributed by atoms with Gasteiger partial charge in [-0.3, -0.25) is 4.79 Å². The highest BCUT2D eigenvalue weighted by molar-refractivity contribution is 8.00. The summed E-state index contributed by atoms with van der Waals surface area (Å²) in [6.45, 7) is 8.76. The lowest BCUT2D eigenvalue weighted by atomic mass is 10.0. The highest BCUT2D eigenvalue weighted by Gasteiger charge is 2.16. The molecule has 0 saturated heterocycles. The maximum absolute atomic E-state index is 12.5. The third-order valence-corrected chi connectivity index (χ3v) is 5.83. The number of hydrogen-bond donors (Lipinski definition) is 1. The van der Waals surface area contributed by atoms with Crippen LogP contribution in [0.2, 0.25) is 5.02 Å². The number of allylic oxidation sites excluding steroid dienone is 1. The summed E-state index contributed by atoms with van der Waals surface area (Å²) < 4.78 is 7.51. The molecule has 1 amide bonds. The molecule has 0 saturated carbocycles. The van der Waals surface area contributed by atoms with Crippen LogP contribution in [0, 0.1) is 0 Å². The van der Waals surface area contributed by atoms with Crippen molar-refractivity contribution in [3.8, 4) is 5.75 Å². The second-order valence-electron chi connectivity index (χ2n) is 7.17. The second kappa shape index (κ2) is 11.0. The molecule has 0 bridgehead atoms. The molecule has 6 nitrogen and oxygen atoms in total. The molecule has 0 aliphatic carbocycles. The number of carbonyl (C=O) groups excluding carboxylic acids is 1. The smallest absolute Gasteiger partial charge is 0.234 e. The minimum absolute atomic E-state index is 0.0989. The van der Waals surface area contributed by atoms with E-state index in [-0.39, 0.29) is 18.3 Å². The van der Waals surface area contributed by atoms with Crippen LogP contribution in [0.4, 0.5) is 5.69 Å². The summed E-state index contributed by atoms with van der Waals surface area (Å²) in [5, 5.41) is 12.7. The van der Waals surface area contributed by atoms with Crippen LogP contribution in [0.5, 0.6) is 5.75 Å². The Morgan fingerprint density at radius 2 is 1.94 bits per heavy atom. The number of benzene rings is 2. The third-order valence-electron chi connectivity index (χ3n) is 4.45. The molecule has 31 heavy (non-hydrogen) atoms. The zero-order chi connectivity index (χ0) is 22.2. The number of thioether (sulfide) groups is 1. The Morgan fingerprint density at radius 3 is 2.58 bits per heavy atom. The summed E-state index contributed by atoms with van der Waals surface area (Å²) in [6.07, 6.45) is 1.74. The molecule has 0 aliphatic rings. The fourth-order valence-electron chi connectivity index (χ4n) is 2.80. The number of anilines is 1. The molecular formula is C23H25ClN4O2S. The Labute approximate surface area is 191 Å². The molecule has 0 spiro atoms. The molecule has 0 atom stereocenters. The van der Waals surface area contributed by atoms with Crippen molar-refractivity contribution in [3.63, 3.8) is 0 Å². The lowest BCUT2D eigenvalue weighted by molar-refractivity contribution is -0.113. The van der Waals surface area contributed by atoms with Crippen LogP contribution in [0.3, 0.4) is 0 Å². The predicted molar refractivity (Wildman–Crippen MR) is 126 cm³/mol. The van der Waals surface area contributed by atoms with Crippen LogP contribution in [0.15, 0.2) is 66.2 Å². The molecule has 1 heterocycles. The highest BCUT2D eigenvalue weighted by atomic mass is 35.5. The zero-order valence-electron chi connectivity index (χ0n) is 17.5. The first-order valence-electron chi connectivity index (χ1n) is 9.90. The number of amides is 1. The van der Waals surface area contributed by atoms with Gasteiger partial charge in [-0.25, -0.2) is 4.68 Å². The molecule has 2 aromatic carbocycles. The molecule has 1 N–H and O–H groups in total. The number of ether oxygens (including phenoxy) is 1. The van der Waals surface area contributed by atoms with Gasteiger partial charge in [-0.15, -0.1) is 11.7 Å². The Morgan fingerprint density at radius 1 is 1.23 bits per heavy atom. The van der Waals surface area contributed by atoms with Crippen molar-refractivity contribution in [3.05, 3.63) is 77.5 Å². The van der Waals surface area contributed by atoms with Gasteiger partial charge in [0, 0.05) is 10.7 Å². The third kappa shape index (κ3) is 6.60. The van der Waals surface area contributed by atoms with E-state index in [1.807, 2.05) is 24.3 Å². The summed E-state index contributed by atoms with van der Waals surface area (Å²) in [4.78, 5) is 12.5. The van der Waals surface area contributed by atoms with Crippen LogP contribution < -0.4 is 10.1 Å². The second-order valence-corrected chi connectivity index (χ2v) is 8.57. The topological polar surface area (TPSA) is 69.0 Å². The van der Waals surface area contributed by atoms with Crippen LogP contribution in [-0.2, 0) is 17.9 Å². The Balaban J connectivity index is 1.62. The number of carbonyl (C=O) groups is 1. The van der Waals surface area contributed by atoms with Crippen LogP contribution in [-0.4, -0.2) is 26.7 Å². The number of aromatic nitrogens is 3. The van der Waals surface area contributed by atoms with Crippen LogP contribution in [0.1, 0.15) is 31.0 Å². The van der Waals surface area contributed by atoms with Gasteiger partial charge in [0.05, 0.1) is 12.3 Å². The molecule has 0 unspecified atom stereocenters.